The Morgan fingerprint density at radius 2 is 1.00 bits per heavy atom. The van der Waals surface area contributed by atoms with Gasteiger partial charge >= 0.3 is 0 Å². The smallest absolute Gasteiger partial charge is 0.165 e. The van der Waals surface area contributed by atoms with Crippen LogP contribution in [-0.2, 0) is 0 Å². The Kier molecular flexibility index (Phi) is 6.05. The van der Waals surface area contributed by atoms with Gasteiger partial charge in [0.15, 0.2) is 17.5 Å². The lowest BCUT2D eigenvalue weighted by molar-refractivity contribution is 0.669. The predicted octanol–water partition coefficient (Wildman–Crippen LogP) is 12.2. The fourth-order valence-electron chi connectivity index (χ4n) is 7.59. The summed E-state index contributed by atoms with van der Waals surface area (Å²) in [5.74, 6) is 1.87. The highest BCUT2D eigenvalue weighted by Crippen LogP contribution is 2.41. The van der Waals surface area contributed by atoms with Crippen LogP contribution >= 0.6 is 11.3 Å². The number of para-hydroxylation sites is 3. The van der Waals surface area contributed by atoms with Crippen LogP contribution in [0, 0.1) is 0 Å². The van der Waals surface area contributed by atoms with Gasteiger partial charge in [0, 0.05) is 64.1 Å². The number of hydrogen-bond donors (Lipinski definition) is 0. The molecule has 0 spiro atoms. The van der Waals surface area contributed by atoms with E-state index in [1.54, 1.807) is 11.3 Å². The van der Waals surface area contributed by atoms with Gasteiger partial charge in [-0.15, -0.1) is 11.3 Å². The van der Waals surface area contributed by atoms with Gasteiger partial charge in [-0.25, -0.2) is 15.0 Å². The molecule has 0 N–H and O–H groups in total. The van der Waals surface area contributed by atoms with Gasteiger partial charge in [-0.2, -0.15) is 0 Å². The minimum atomic E-state index is 0.608. The number of hydrogen-bond acceptors (Lipinski definition) is 5. The molecule has 51 heavy (non-hydrogen) atoms. The Balaban J connectivity index is 1.14. The highest BCUT2D eigenvalue weighted by atomic mass is 32.1. The molecule has 4 aromatic heterocycles. The van der Waals surface area contributed by atoms with Crippen LogP contribution in [0.5, 0.6) is 0 Å². The lowest BCUT2D eigenvalue weighted by Crippen LogP contribution is -2.01. The number of nitrogens with zero attached hydrogens (tertiary/aromatic N) is 4. The number of fused-ring (bicyclic) bond motifs is 9. The summed E-state index contributed by atoms with van der Waals surface area (Å²) < 4.78 is 11.0. The molecule has 0 saturated carbocycles. The molecule has 11 rings (SSSR count). The van der Waals surface area contributed by atoms with Crippen molar-refractivity contribution in [1.29, 1.82) is 0 Å². The number of thiophene rings is 1. The van der Waals surface area contributed by atoms with E-state index in [9.17, 15) is 0 Å². The first-order chi connectivity index (χ1) is 25.3. The molecule has 4 heterocycles. The molecule has 0 atom stereocenters. The number of rotatable bonds is 4. The molecule has 0 saturated heterocycles. The fraction of sp³-hybridized carbons (Fsp3) is 0. The highest BCUT2D eigenvalue weighted by Gasteiger charge is 2.20. The third kappa shape index (κ3) is 4.30. The summed E-state index contributed by atoms with van der Waals surface area (Å²) in [7, 11) is 0. The standard InChI is InChI=1S/C45H26N4OS/c1-5-18-36-29(11-1)30-12-2-6-19-37(30)49(36)28-25-23-27(24-26-28)43-46-44(34-16-10-21-39-41(34)33-14-3-7-20-38(33)50-39)48-45(47-43)35-17-9-15-32-31-13-4-8-22-40(31)51-42(32)35/h1-26H. The van der Waals surface area contributed by atoms with Crippen molar-refractivity contribution < 1.29 is 4.42 Å². The average Bonchev–Trinajstić information content (AvgIpc) is 3.87. The van der Waals surface area contributed by atoms with E-state index >= 15 is 0 Å². The zero-order valence-electron chi connectivity index (χ0n) is 27.1. The summed E-state index contributed by atoms with van der Waals surface area (Å²) in [6.07, 6.45) is 0. The monoisotopic (exact) mass is 670 g/mol. The van der Waals surface area contributed by atoms with Crippen molar-refractivity contribution in [3.8, 4) is 39.9 Å². The van der Waals surface area contributed by atoms with Gasteiger partial charge in [0.25, 0.3) is 0 Å². The molecular weight excluding hydrogens is 645 g/mol. The Morgan fingerprint density at radius 3 is 1.78 bits per heavy atom. The topological polar surface area (TPSA) is 56.7 Å². The normalized spacial score (nSPS) is 11.9. The number of benzene rings is 7. The second kappa shape index (κ2) is 10.9. The quantitative estimate of drug-likeness (QED) is 0.187. The maximum Gasteiger partial charge on any atom is 0.165 e. The van der Waals surface area contributed by atoms with Crippen molar-refractivity contribution >= 4 is 75.3 Å². The van der Waals surface area contributed by atoms with Crippen LogP contribution in [0.4, 0.5) is 0 Å². The lowest BCUT2D eigenvalue weighted by atomic mass is 10.0. The maximum atomic E-state index is 6.27. The maximum absolute atomic E-state index is 6.27. The van der Waals surface area contributed by atoms with E-state index in [2.05, 4.69) is 132 Å². The molecular formula is C45H26N4OS. The van der Waals surface area contributed by atoms with E-state index in [4.69, 9.17) is 19.4 Å². The Hall–Kier alpha value is -6.63. The third-order valence-corrected chi connectivity index (χ3v) is 11.1. The van der Waals surface area contributed by atoms with E-state index in [-0.39, 0.29) is 0 Å². The van der Waals surface area contributed by atoms with Gasteiger partial charge in [-0.3, -0.25) is 0 Å². The summed E-state index contributed by atoms with van der Waals surface area (Å²) in [5, 5.41) is 6.95. The van der Waals surface area contributed by atoms with Crippen LogP contribution in [0.2, 0.25) is 0 Å². The van der Waals surface area contributed by atoms with Crippen molar-refractivity contribution in [3.05, 3.63) is 158 Å². The Morgan fingerprint density at radius 1 is 0.431 bits per heavy atom. The second-order valence-corrected chi connectivity index (χ2v) is 13.8. The summed E-state index contributed by atoms with van der Waals surface area (Å²) in [5.41, 5.74) is 7.88. The van der Waals surface area contributed by atoms with Gasteiger partial charge in [-0.05, 0) is 60.7 Å². The van der Waals surface area contributed by atoms with Crippen molar-refractivity contribution in [2.75, 3.05) is 0 Å². The molecule has 0 aliphatic rings. The molecule has 11 aromatic rings. The van der Waals surface area contributed by atoms with Crippen LogP contribution in [0.3, 0.4) is 0 Å². The fourth-order valence-corrected chi connectivity index (χ4v) is 8.80. The zero-order chi connectivity index (χ0) is 33.5. The Labute approximate surface area is 295 Å². The van der Waals surface area contributed by atoms with E-state index < -0.39 is 0 Å². The lowest BCUT2D eigenvalue weighted by Gasteiger charge is -2.11. The van der Waals surface area contributed by atoms with E-state index in [1.165, 1.54) is 37.3 Å². The van der Waals surface area contributed by atoms with Crippen LogP contribution in [0.25, 0.3) is 104 Å². The molecule has 0 fully saturated rings. The van der Waals surface area contributed by atoms with E-state index in [0.717, 1.165) is 49.0 Å². The van der Waals surface area contributed by atoms with Crippen LogP contribution < -0.4 is 0 Å². The molecule has 0 aliphatic carbocycles. The van der Waals surface area contributed by atoms with Crippen molar-refractivity contribution in [2.24, 2.45) is 0 Å². The van der Waals surface area contributed by atoms with Crippen molar-refractivity contribution in [2.45, 2.75) is 0 Å². The molecule has 7 aromatic carbocycles. The summed E-state index contributed by atoms with van der Waals surface area (Å²) in [6, 6.07) is 54.9. The minimum absolute atomic E-state index is 0.608. The van der Waals surface area contributed by atoms with Crippen LogP contribution in [0.1, 0.15) is 0 Å². The Bertz CT molecular complexity index is 3100. The van der Waals surface area contributed by atoms with Crippen LogP contribution in [-0.4, -0.2) is 19.5 Å². The van der Waals surface area contributed by atoms with Gasteiger partial charge in [0.2, 0.25) is 0 Å². The summed E-state index contributed by atoms with van der Waals surface area (Å²) in [4.78, 5) is 15.6. The highest BCUT2D eigenvalue weighted by molar-refractivity contribution is 7.26. The van der Waals surface area contributed by atoms with Gasteiger partial charge in [-0.1, -0.05) is 97.1 Å². The first-order valence-corrected chi connectivity index (χ1v) is 17.8. The second-order valence-electron chi connectivity index (χ2n) is 12.8. The summed E-state index contributed by atoms with van der Waals surface area (Å²) in [6.45, 7) is 0. The van der Waals surface area contributed by atoms with Crippen molar-refractivity contribution in [3.63, 3.8) is 0 Å². The average molecular weight is 671 g/mol. The minimum Gasteiger partial charge on any atom is -0.456 e. The zero-order valence-corrected chi connectivity index (χ0v) is 27.9. The largest absolute Gasteiger partial charge is 0.456 e. The van der Waals surface area contributed by atoms with Gasteiger partial charge < -0.3 is 8.98 Å². The van der Waals surface area contributed by atoms with Gasteiger partial charge in [0.05, 0.1) is 11.0 Å². The molecule has 0 amide bonds. The molecule has 5 nitrogen and oxygen atoms in total. The van der Waals surface area contributed by atoms with E-state index in [1.807, 2.05) is 30.3 Å². The molecule has 238 valence electrons. The SMILES string of the molecule is c1ccc2c(c1)oc1cccc(-c3nc(-c4ccc(-n5c6ccccc6c6ccccc65)cc4)nc(-c4cccc5c4sc4ccccc45)n3)c12. The molecule has 0 aliphatic heterocycles. The number of aromatic nitrogens is 4. The first kappa shape index (κ1) is 28.2. The number of furan rings is 1. The van der Waals surface area contributed by atoms with Crippen LogP contribution in [0.15, 0.2) is 162 Å². The molecule has 0 bridgehead atoms. The third-order valence-electron chi connectivity index (χ3n) is 9.89. The van der Waals surface area contributed by atoms with Crippen molar-refractivity contribution in [1.82, 2.24) is 19.5 Å². The molecule has 6 heteroatoms. The molecule has 0 radical (unpaired) electrons. The molecule has 0 unspecified atom stereocenters. The first-order valence-electron chi connectivity index (χ1n) is 16.9. The summed E-state index contributed by atoms with van der Waals surface area (Å²) >= 11 is 1.78. The van der Waals surface area contributed by atoms with Gasteiger partial charge in [0.1, 0.15) is 11.2 Å². The predicted molar refractivity (Wildman–Crippen MR) is 211 cm³/mol. The van der Waals surface area contributed by atoms with E-state index in [0.29, 0.717) is 17.5 Å².